The minimum Gasteiger partial charge on any atom is -0.489 e. The lowest BCUT2D eigenvalue weighted by Gasteiger charge is -2.28. The predicted octanol–water partition coefficient (Wildman–Crippen LogP) is 10.1. The Bertz CT molecular complexity index is 1410. The number of allylic oxidation sites excluding steroid dienone is 2. The molecular weight excluding hydrogens is 623 g/mol. The molecule has 4 nitrogen and oxygen atoms in total. The van der Waals surface area contributed by atoms with Crippen LogP contribution < -0.4 is 15.9 Å². The third kappa shape index (κ3) is 9.82. The number of carbonyl (C=O) groups excluding carboxylic acids is 2. The first-order valence-electron chi connectivity index (χ1n) is 18.7. The quantitative estimate of drug-likeness (QED) is 0.0602. The summed E-state index contributed by atoms with van der Waals surface area (Å²) in [6.07, 6.45) is 17.3. The number of rotatable bonds is 22. The third-order valence-corrected chi connectivity index (χ3v) is 14.7. The smallest absolute Gasteiger partial charge is 0.228 e. The van der Waals surface area contributed by atoms with Crippen LogP contribution in [-0.4, -0.2) is 31.9 Å². The van der Waals surface area contributed by atoms with Gasteiger partial charge in [0, 0.05) is 11.1 Å². The zero-order chi connectivity index (χ0) is 34.9. The molecule has 3 aromatic carbocycles. The van der Waals surface area contributed by atoms with Crippen molar-refractivity contribution in [1.29, 1.82) is 0 Å². The number of ether oxygens (including phenoxy) is 2. The highest BCUT2D eigenvalue weighted by molar-refractivity contribution is 7.95. The molecule has 3 aromatic rings. The van der Waals surface area contributed by atoms with Crippen molar-refractivity contribution in [1.82, 2.24) is 0 Å². The van der Waals surface area contributed by atoms with Crippen molar-refractivity contribution in [3.05, 3.63) is 114 Å². The van der Waals surface area contributed by atoms with Gasteiger partial charge in [-0.1, -0.05) is 126 Å². The van der Waals surface area contributed by atoms with Gasteiger partial charge < -0.3 is 9.47 Å². The van der Waals surface area contributed by atoms with E-state index in [-0.39, 0.29) is 29.0 Å². The molecule has 0 aromatic heterocycles. The van der Waals surface area contributed by atoms with E-state index in [4.69, 9.17) is 9.47 Å². The summed E-state index contributed by atoms with van der Waals surface area (Å²) in [6, 6.07) is 33.3. The van der Waals surface area contributed by atoms with Crippen molar-refractivity contribution in [2.24, 2.45) is 5.92 Å². The molecule has 1 unspecified atom stereocenters. The normalized spacial score (nSPS) is 14.4. The number of Topliss-reactive ketones (excluding diaryl/α,β-unsaturated/α-hetero) is 2. The second kappa shape index (κ2) is 20.2. The zero-order valence-electron chi connectivity index (χ0n) is 30.4. The fraction of sp³-hybridized carbons (Fsp3) is 0.455. The maximum Gasteiger partial charge on any atom is 0.228 e. The van der Waals surface area contributed by atoms with Gasteiger partial charge >= 0.3 is 0 Å². The average Bonchev–Trinajstić information content (AvgIpc) is 3.14. The van der Waals surface area contributed by atoms with Gasteiger partial charge in [-0.2, -0.15) is 0 Å². The molecule has 5 heteroatoms. The maximum atomic E-state index is 13.7. The molecule has 49 heavy (non-hydrogen) atoms. The molecule has 0 spiro atoms. The van der Waals surface area contributed by atoms with Crippen LogP contribution in [0.4, 0.5) is 0 Å². The van der Waals surface area contributed by atoms with Gasteiger partial charge in [0.2, 0.25) is 23.1 Å². The molecule has 262 valence electrons. The number of hydrogen-bond acceptors (Lipinski definition) is 4. The molecule has 4 rings (SSSR count). The van der Waals surface area contributed by atoms with E-state index in [0.717, 1.165) is 57.5 Å². The van der Waals surface area contributed by atoms with E-state index in [1.807, 2.05) is 0 Å². The van der Waals surface area contributed by atoms with Crippen LogP contribution in [0.15, 0.2) is 114 Å². The Balaban J connectivity index is 1.45. The molecule has 0 heterocycles. The number of hydrogen-bond donors (Lipinski definition) is 0. The molecule has 1 aliphatic rings. The van der Waals surface area contributed by atoms with Crippen LogP contribution in [0.3, 0.4) is 0 Å². The van der Waals surface area contributed by atoms with Crippen molar-refractivity contribution in [2.75, 3.05) is 20.4 Å². The minimum absolute atomic E-state index is 0.0293. The molecular formula is C44H58O4P+. The predicted molar refractivity (Wildman–Crippen MR) is 208 cm³/mol. The van der Waals surface area contributed by atoms with Crippen LogP contribution >= 0.6 is 7.26 Å². The first-order valence-corrected chi connectivity index (χ1v) is 20.6. The Morgan fingerprint density at radius 3 is 1.35 bits per heavy atom. The largest absolute Gasteiger partial charge is 0.489 e. The molecule has 0 bridgehead atoms. The number of unbranched alkanes of at least 4 members (excludes halogenated alkanes) is 10. The van der Waals surface area contributed by atoms with Crippen molar-refractivity contribution in [3.63, 3.8) is 0 Å². The van der Waals surface area contributed by atoms with Crippen LogP contribution in [0.25, 0.3) is 0 Å². The summed E-state index contributed by atoms with van der Waals surface area (Å²) in [5, 5.41) is 4.29. The Hall–Kier alpha value is -3.49. The average molecular weight is 682 g/mol. The van der Waals surface area contributed by atoms with E-state index < -0.39 is 7.26 Å². The highest BCUT2D eigenvalue weighted by atomic mass is 31.2. The van der Waals surface area contributed by atoms with Crippen LogP contribution in [0.2, 0.25) is 0 Å². The van der Waals surface area contributed by atoms with Gasteiger partial charge in [-0.3, -0.25) is 9.59 Å². The van der Waals surface area contributed by atoms with Crippen molar-refractivity contribution >= 4 is 34.7 Å². The molecule has 0 fully saturated rings. The highest BCUT2D eigenvalue weighted by Crippen LogP contribution is 2.56. The standard InChI is InChI=1S/C44H58O4P/c1-5-6-7-8-9-10-11-17-26-36(40-35(2)41(45)43(47-3)44(48-4)42(40)46)27-18-12-13-25-34-49(37-28-19-14-20-29-37,38-30-21-15-22-31-38)39-32-23-16-24-33-39/h14-16,19-24,28-33,36H,5-13,17-18,25-27,34H2,1-4H3/q+1. The molecule has 0 saturated carbocycles. The van der Waals surface area contributed by atoms with Gasteiger partial charge in [-0.25, -0.2) is 0 Å². The van der Waals surface area contributed by atoms with Gasteiger partial charge in [0.05, 0.1) is 20.4 Å². The molecule has 1 atom stereocenters. The fourth-order valence-corrected chi connectivity index (χ4v) is 12.0. The lowest BCUT2D eigenvalue weighted by Crippen LogP contribution is -2.33. The SMILES string of the molecule is CCCCCCCCCCC(CCCCCC[P+](c1ccccc1)(c1ccccc1)c1ccccc1)C1=C(C)C(=O)C(OC)=C(OC)C1=O. The van der Waals surface area contributed by atoms with E-state index >= 15 is 0 Å². The van der Waals surface area contributed by atoms with E-state index in [1.54, 1.807) is 6.92 Å². The summed E-state index contributed by atoms with van der Waals surface area (Å²) in [6.45, 7) is 4.05. The van der Waals surface area contributed by atoms with Gasteiger partial charge in [-0.05, 0) is 74.9 Å². The molecule has 1 aliphatic carbocycles. The minimum atomic E-state index is -1.84. The van der Waals surface area contributed by atoms with Gasteiger partial charge in [0.25, 0.3) is 0 Å². The summed E-state index contributed by atoms with van der Waals surface area (Å²) in [4.78, 5) is 27.0. The lowest BCUT2D eigenvalue weighted by atomic mass is 9.79. The summed E-state index contributed by atoms with van der Waals surface area (Å²) in [7, 11) is 1.05. The first-order chi connectivity index (χ1) is 24.0. The van der Waals surface area contributed by atoms with Crippen LogP contribution in [0, 0.1) is 5.92 Å². The number of carbonyl (C=O) groups is 2. The van der Waals surface area contributed by atoms with E-state index in [1.165, 1.54) is 68.7 Å². The number of ketones is 2. The van der Waals surface area contributed by atoms with Gasteiger partial charge in [-0.15, -0.1) is 0 Å². The van der Waals surface area contributed by atoms with Crippen molar-refractivity contribution in [3.8, 4) is 0 Å². The number of methoxy groups -OCH3 is 2. The first kappa shape index (κ1) is 38.3. The van der Waals surface area contributed by atoms with E-state index in [2.05, 4.69) is 97.9 Å². The van der Waals surface area contributed by atoms with Gasteiger partial charge in [0.1, 0.15) is 23.2 Å². The van der Waals surface area contributed by atoms with Crippen LogP contribution in [0.1, 0.15) is 104 Å². The van der Waals surface area contributed by atoms with E-state index in [9.17, 15) is 9.59 Å². The molecule has 0 aliphatic heterocycles. The zero-order valence-corrected chi connectivity index (χ0v) is 31.3. The topological polar surface area (TPSA) is 52.6 Å². The summed E-state index contributed by atoms with van der Waals surface area (Å²) in [5.41, 5.74) is 1.17. The fourth-order valence-electron chi connectivity index (χ4n) is 7.59. The third-order valence-electron chi connectivity index (χ3n) is 10.2. The molecule has 0 amide bonds. The van der Waals surface area contributed by atoms with E-state index in [0.29, 0.717) is 11.1 Å². The second-order valence-corrected chi connectivity index (χ2v) is 17.1. The molecule has 0 saturated heterocycles. The summed E-state index contributed by atoms with van der Waals surface area (Å²) in [5.74, 6) is -0.273. The molecule has 0 radical (unpaired) electrons. The second-order valence-electron chi connectivity index (χ2n) is 13.5. The Labute approximate surface area is 296 Å². The Morgan fingerprint density at radius 1 is 0.531 bits per heavy atom. The highest BCUT2D eigenvalue weighted by Gasteiger charge is 2.44. The van der Waals surface area contributed by atoms with Crippen molar-refractivity contribution < 1.29 is 19.1 Å². The monoisotopic (exact) mass is 681 g/mol. The number of benzene rings is 3. The Morgan fingerprint density at radius 2 is 0.918 bits per heavy atom. The summed E-state index contributed by atoms with van der Waals surface area (Å²) < 4.78 is 10.8. The molecule has 0 N–H and O–H groups in total. The maximum absolute atomic E-state index is 13.7. The van der Waals surface area contributed by atoms with Crippen LogP contribution in [-0.2, 0) is 19.1 Å². The lowest BCUT2D eigenvalue weighted by molar-refractivity contribution is -0.121. The Kier molecular flexibility index (Phi) is 15.8. The van der Waals surface area contributed by atoms with Crippen LogP contribution in [0.5, 0.6) is 0 Å². The van der Waals surface area contributed by atoms with Gasteiger partial charge in [0.15, 0.2) is 0 Å². The van der Waals surface area contributed by atoms with Crippen molar-refractivity contribution in [2.45, 2.75) is 104 Å². The summed E-state index contributed by atoms with van der Waals surface area (Å²) >= 11 is 0.